The van der Waals surface area contributed by atoms with Crippen LogP contribution in [0.3, 0.4) is 0 Å². The normalized spacial score (nSPS) is 22.0. The van der Waals surface area contributed by atoms with Crippen LogP contribution in [0.1, 0.15) is 24.9 Å². The van der Waals surface area contributed by atoms with Crippen molar-refractivity contribution in [2.24, 2.45) is 11.8 Å². The minimum atomic E-state index is -0.976. The largest absolute Gasteiger partial charge is 0.481 e. The van der Waals surface area contributed by atoms with E-state index in [0.717, 1.165) is 5.56 Å². The molecule has 0 saturated carbocycles. The molecule has 0 spiro atoms. The molecule has 2 rings (SSSR count). The predicted octanol–water partition coefficient (Wildman–Crippen LogP) is 1.70. The number of benzene rings is 1. The molecule has 0 aromatic heterocycles. The zero-order valence-corrected chi connectivity index (χ0v) is 13.7. The molecule has 1 fully saturated rings. The quantitative estimate of drug-likeness (QED) is 0.855. The molecule has 0 bridgehead atoms. The Kier molecular flexibility index (Phi) is 5.26. The highest BCUT2D eigenvalue weighted by molar-refractivity contribution is 6.30. The molecule has 0 radical (unpaired) electrons. The van der Waals surface area contributed by atoms with Crippen LogP contribution in [0.2, 0.25) is 5.02 Å². The predicted molar refractivity (Wildman–Crippen MR) is 84.9 cm³/mol. The number of nitrogens with zero attached hydrogens (tertiary/aromatic N) is 1. The van der Waals surface area contributed by atoms with Gasteiger partial charge in [0.1, 0.15) is 0 Å². The molecule has 7 heteroatoms. The van der Waals surface area contributed by atoms with Gasteiger partial charge in [0.2, 0.25) is 11.8 Å². The summed E-state index contributed by atoms with van der Waals surface area (Å²) >= 11 is 6.00. The van der Waals surface area contributed by atoms with Gasteiger partial charge >= 0.3 is 5.97 Å². The van der Waals surface area contributed by atoms with Crippen LogP contribution in [0.25, 0.3) is 0 Å². The highest BCUT2D eigenvalue weighted by atomic mass is 35.5. The lowest BCUT2D eigenvalue weighted by Gasteiger charge is -2.25. The van der Waals surface area contributed by atoms with Crippen LogP contribution >= 0.6 is 11.6 Å². The molecule has 23 heavy (non-hydrogen) atoms. The van der Waals surface area contributed by atoms with Gasteiger partial charge in [0.05, 0.1) is 17.9 Å². The first-order valence-corrected chi connectivity index (χ1v) is 7.70. The first-order chi connectivity index (χ1) is 10.8. The van der Waals surface area contributed by atoms with Gasteiger partial charge in [-0.05, 0) is 17.7 Å². The van der Waals surface area contributed by atoms with E-state index in [2.05, 4.69) is 5.32 Å². The third kappa shape index (κ3) is 3.82. The van der Waals surface area contributed by atoms with Crippen molar-refractivity contribution in [1.29, 1.82) is 0 Å². The average Bonchev–Trinajstić information content (AvgIpc) is 2.80. The summed E-state index contributed by atoms with van der Waals surface area (Å²) in [5.41, 5.74) is 0.789. The molecule has 1 saturated heterocycles. The summed E-state index contributed by atoms with van der Waals surface area (Å²) in [6.45, 7) is 1.55. The number of hydrogen-bond acceptors (Lipinski definition) is 3. The topological polar surface area (TPSA) is 86.7 Å². The maximum absolute atomic E-state index is 12.4. The van der Waals surface area contributed by atoms with Crippen LogP contribution in [0, 0.1) is 11.8 Å². The second-order valence-corrected chi connectivity index (χ2v) is 6.24. The molecular weight excluding hydrogens is 320 g/mol. The maximum atomic E-state index is 12.4. The van der Waals surface area contributed by atoms with Gasteiger partial charge in [-0.15, -0.1) is 0 Å². The molecule has 6 nitrogen and oxygen atoms in total. The molecule has 1 heterocycles. The van der Waals surface area contributed by atoms with Crippen molar-refractivity contribution in [1.82, 2.24) is 10.2 Å². The van der Waals surface area contributed by atoms with Gasteiger partial charge in [-0.1, -0.05) is 30.7 Å². The summed E-state index contributed by atoms with van der Waals surface area (Å²) in [5.74, 6) is -2.66. The van der Waals surface area contributed by atoms with Crippen LogP contribution in [0.5, 0.6) is 0 Å². The minimum Gasteiger partial charge on any atom is -0.481 e. The highest BCUT2D eigenvalue weighted by Gasteiger charge is 2.42. The van der Waals surface area contributed by atoms with Gasteiger partial charge in [-0.25, -0.2) is 0 Å². The summed E-state index contributed by atoms with van der Waals surface area (Å²) in [6, 6.07) is 6.66. The fraction of sp³-hybridized carbons (Fsp3) is 0.438. The maximum Gasteiger partial charge on any atom is 0.308 e. The van der Waals surface area contributed by atoms with Gasteiger partial charge in [-0.2, -0.15) is 0 Å². The van der Waals surface area contributed by atoms with Crippen molar-refractivity contribution in [2.45, 2.75) is 19.4 Å². The molecule has 0 aliphatic carbocycles. The van der Waals surface area contributed by atoms with E-state index in [9.17, 15) is 14.4 Å². The average molecular weight is 339 g/mol. The number of rotatable bonds is 5. The van der Waals surface area contributed by atoms with E-state index < -0.39 is 23.8 Å². The van der Waals surface area contributed by atoms with Gasteiger partial charge in [-0.3, -0.25) is 14.4 Å². The van der Waals surface area contributed by atoms with Crippen molar-refractivity contribution in [3.63, 3.8) is 0 Å². The molecule has 1 aromatic carbocycles. The highest BCUT2D eigenvalue weighted by Crippen LogP contribution is 2.37. The van der Waals surface area contributed by atoms with E-state index >= 15 is 0 Å². The Labute approximate surface area is 139 Å². The number of nitrogens with one attached hydrogen (secondary N) is 1. The molecule has 3 atom stereocenters. The van der Waals surface area contributed by atoms with Gasteiger partial charge in [0.15, 0.2) is 0 Å². The molecule has 2 amide bonds. The van der Waals surface area contributed by atoms with Gasteiger partial charge in [0, 0.05) is 25.0 Å². The van der Waals surface area contributed by atoms with Crippen LogP contribution < -0.4 is 5.32 Å². The van der Waals surface area contributed by atoms with Crippen molar-refractivity contribution in [3.8, 4) is 0 Å². The number of carboxylic acid groups (broad SMARTS) is 1. The van der Waals surface area contributed by atoms with E-state index in [-0.39, 0.29) is 24.8 Å². The first-order valence-electron chi connectivity index (χ1n) is 7.33. The van der Waals surface area contributed by atoms with Gasteiger partial charge in [0.25, 0.3) is 0 Å². The molecule has 3 unspecified atom stereocenters. The second-order valence-electron chi connectivity index (χ2n) is 5.80. The van der Waals surface area contributed by atoms with Crippen LogP contribution in [-0.4, -0.2) is 41.4 Å². The Bertz CT molecular complexity index is 634. The van der Waals surface area contributed by atoms with Crippen LogP contribution in [0.4, 0.5) is 0 Å². The zero-order valence-electron chi connectivity index (χ0n) is 13.0. The number of likely N-dealkylation sites (tertiary alicyclic amines) is 1. The van der Waals surface area contributed by atoms with E-state index in [4.69, 9.17) is 16.7 Å². The molecule has 1 aliphatic rings. The smallest absolute Gasteiger partial charge is 0.308 e. The summed E-state index contributed by atoms with van der Waals surface area (Å²) in [6.07, 6.45) is 0.0982. The fourth-order valence-corrected chi connectivity index (χ4v) is 2.92. The van der Waals surface area contributed by atoms with Crippen molar-refractivity contribution < 1.29 is 19.5 Å². The van der Waals surface area contributed by atoms with Crippen LogP contribution in [-0.2, 0) is 14.4 Å². The van der Waals surface area contributed by atoms with E-state index in [1.807, 2.05) is 6.07 Å². The fourth-order valence-electron chi connectivity index (χ4n) is 2.72. The lowest BCUT2D eigenvalue weighted by atomic mass is 9.92. The molecule has 1 aromatic rings. The monoisotopic (exact) mass is 338 g/mol. The molecular formula is C16H19ClN2O4. The Hall–Kier alpha value is -2.08. The van der Waals surface area contributed by atoms with Crippen LogP contribution in [0.15, 0.2) is 24.3 Å². The SMILES string of the molecule is CC(CNC(=O)C1CC(=O)N(C)C1c1cccc(Cl)c1)C(=O)O. The molecule has 1 aliphatic heterocycles. The van der Waals surface area contributed by atoms with Crippen molar-refractivity contribution in [3.05, 3.63) is 34.9 Å². The van der Waals surface area contributed by atoms with E-state index in [1.165, 1.54) is 11.8 Å². The molecule has 124 valence electrons. The Morgan fingerprint density at radius 1 is 1.48 bits per heavy atom. The number of carbonyl (C=O) groups is 3. The lowest BCUT2D eigenvalue weighted by molar-refractivity contribution is -0.141. The summed E-state index contributed by atoms with van der Waals surface area (Å²) in [7, 11) is 1.65. The summed E-state index contributed by atoms with van der Waals surface area (Å²) in [4.78, 5) is 36.8. The Morgan fingerprint density at radius 2 is 2.17 bits per heavy atom. The number of halogens is 1. The number of amides is 2. The standard InChI is InChI=1S/C16H19ClN2O4/c1-9(16(22)23)8-18-15(21)12-7-13(20)19(2)14(12)10-4-3-5-11(17)6-10/h3-6,9,12,14H,7-8H2,1-2H3,(H,18,21)(H,22,23). The lowest BCUT2D eigenvalue weighted by Crippen LogP contribution is -2.38. The van der Waals surface area contributed by atoms with Gasteiger partial charge < -0.3 is 15.3 Å². The van der Waals surface area contributed by atoms with Crippen molar-refractivity contribution in [2.75, 3.05) is 13.6 Å². The number of carboxylic acids is 1. The Balaban J connectivity index is 2.17. The summed E-state index contributed by atoms with van der Waals surface area (Å²) in [5, 5.41) is 12.0. The van der Waals surface area contributed by atoms with E-state index in [0.29, 0.717) is 5.02 Å². The number of aliphatic carboxylic acids is 1. The Morgan fingerprint density at radius 3 is 2.78 bits per heavy atom. The van der Waals surface area contributed by atoms with E-state index in [1.54, 1.807) is 25.2 Å². The minimum absolute atomic E-state index is 0.0326. The first kappa shape index (κ1) is 17.3. The second kappa shape index (κ2) is 7.00. The third-order valence-electron chi connectivity index (χ3n) is 4.12. The summed E-state index contributed by atoms with van der Waals surface area (Å²) < 4.78 is 0. The number of hydrogen-bond donors (Lipinski definition) is 2. The van der Waals surface area contributed by atoms with Crippen molar-refractivity contribution >= 4 is 29.4 Å². The number of carbonyl (C=O) groups excluding carboxylic acids is 2. The molecule has 2 N–H and O–H groups in total. The third-order valence-corrected chi connectivity index (χ3v) is 4.35. The zero-order chi connectivity index (χ0) is 17.1.